The van der Waals surface area contributed by atoms with E-state index in [1.807, 2.05) is 55.4 Å². The molecule has 5 fully saturated rings. The van der Waals surface area contributed by atoms with E-state index in [1.54, 1.807) is 6.08 Å². The quantitative estimate of drug-likeness (QED) is 0.457. The van der Waals surface area contributed by atoms with Crippen LogP contribution in [0.2, 0.25) is 0 Å². The molecule has 3 saturated heterocycles. The number of aldehydes is 1. The van der Waals surface area contributed by atoms with Crippen LogP contribution in [0.4, 0.5) is 0 Å². The maximum Gasteiger partial charge on any atom is 0.171 e. The van der Waals surface area contributed by atoms with Gasteiger partial charge in [0.2, 0.25) is 0 Å². The highest BCUT2D eigenvalue weighted by atomic mass is 16.8. The first kappa shape index (κ1) is 23.6. The number of Topliss-reactive ketones (excluding diaryl/α,β-unsaturated/α-hetero) is 1. The molecule has 7 nitrogen and oxygen atoms in total. The minimum absolute atomic E-state index is 0.0607. The van der Waals surface area contributed by atoms with E-state index in [-0.39, 0.29) is 24.2 Å². The van der Waals surface area contributed by atoms with Crippen molar-refractivity contribution in [3.63, 3.8) is 0 Å². The molecule has 0 radical (unpaired) electrons. The van der Waals surface area contributed by atoms with Crippen molar-refractivity contribution >= 4 is 12.1 Å². The van der Waals surface area contributed by atoms with Gasteiger partial charge in [-0.1, -0.05) is 19.9 Å². The third kappa shape index (κ3) is 2.63. The normalized spacial score (nSPS) is 56.3. The smallest absolute Gasteiger partial charge is 0.171 e. The molecule has 9 atom stereocenters. The molecule has 0 aromatic rings. The predicted molar refractivity (Wildman–Crippen MR) is 119 cm³/mol. The molecule has 0 bridgehead atoms. The van der Waals surface area contributed by atoms with Crippen LogP contribution in [0.1, 0.15) is 74.7 Å². The van der Waals surface area contributed by atoms with Crippen molar-refractivity contribution in [2.75, 3.05) is 0 Å². The fourth-order valence-electron chi connectivity index (χ4n) is 8.24. The molecule has 3 heterocycles. The Morgan fingerprint density at radius 2 is 1.61 bits per heavy atom. The summed E-state index contributed by atoms with van der Waals surface area (Å²) in [6, 6.07) is 0. The second kappa shape index (κ2) is 6.35. The Hall–Kier alpha value is -1.12. The van der Waals surface area contributed by atoms with E-state index >= 15 is 0 Å². The predicted octanol–water partition coefficient (Wildman–Crippen LogP) is 3.72. The zero-order valence-corrected chi connectivity index (χ0v) is 21.2. The largest absolute Gasteiger partial charge is 0.358 e. The second-order valence-corrected chi connectivity index (χ2v) is 12.6. The Bertz CT molecular complexity index is 928. The van der Waals surface area contributed by atoms with Crippen LogP contribution in [0, 0.1) is 16.7 Å². The molecule has 0 aromatic heterocycles. The monoisotopic (exact) mass is 462 g/mol. The summed E-state index contributed by atoms with van der Waals surface area (Å²) < 4.78 is 33.2. The number of hydrogen-bond acceptors (Lipinski definition) is 7. The van der Waals surface area contributed by atoms with Gasteiger partial charge in [-0.3, -0.25) is 4.79 Å². The number of fused-ring (bicyclic) bond motifs is 3. The molecule has 2 aliphatic carbocycles. The summed E-state index contributed by atoms with van der Waals surface area (Å²) in [5, 5.41) is 0. The van der Waals surface area contributed by atoms with E-state index in [0.717, 1.165) is 6.29 Å². The fourth-order valence-corrected chi connectivity index (χ4v) is 8.24. The Kier molecular flexibility index (Phi) is 4.55. The van der Waals surface area contributed by atoms with Crippen molar-refractivity contribution in [2.24, 2.45) is 16.7 Å². The van der Waals surface area contributed by atoms with Gasteiger partial charge in [0.15, 0.2) is 23.0 Å². The first-order valence-corrected chi connectivity index (χ1v) is 12.1. The van der Waals surface area contributed by atoms with Crippen molar-refractivity contribution in [3.05, 3.63) is 12.7 Å². The molecule has 0 aromatic carbocycles. The Balaban J connectivity index is 1.85. The van der Waals surface area contributed by atoms with E-state index in [9.17, 15) is 9.59 Å². The van der Waals surface area contributed by atoms with Crippen molar-refractivity contribution in [1.82, 2.24) is 0 Å². The van der Waals surface area contributed by atoms with Crippen LogP contribution in [-0.2, 0) is 33.3 Å². The maximum atomic E-state index is 14.4. The van der Waals surface area contributed by atoms with E-state index in [2.05, 4.69) is 6.58 Å². The summed E-state index contributed by atoms with van der Waals surface area (Å²) >= 11 is 0. The Labute approximate surface area is 196 Å². The molecule has 5 rings (SSSR count). The first-order valence-electron chi connectivity index (χ1n) is 12.1. The van der Waals surface area contributed by atoms with Crippen LogP contribution >= 0.6 is 0 Å². The van der Waals surface area contributed by atoms with Crippen molar-refractivity contribution < 1.29 is 33.3 Å². The SMILES string of the molecule is C=C[C@@]1(C)CC(=O)[C@@]23OC(C)(C)O[C@H]4CC[C@@](C)(C=O)[C@H]([C@@H]5OC(C)(C)O[C@@H]5[C@@]2(C)O1)[C@]43C. The van der Waals surface area contributed by atoms with Gasteiger partial charge in [-0.15, -0.1) is 6.58 Å². The molecule has 33 heavy (non-hydrogen) atoms. The highest BCUT2D eigenvalue weighted by Gasteiger charge is 2.86. The molecule has 184 valence electrons. The zero-order chi connectivity index (χ0) is 24.5. The van der Waals surface area contributed by atoms with E-state index in [1.165, 1.54) is 0 Å². The van der Waals surface area contributed by atoms with Gasteiger partial charge in [-0.05, 0) is 54.4 Å². The summed E-state index contributed by atoms with van der Waals surface area (Å²) in [4.78, 5) is 27.1. The van der Waals surface area contributed by atoms with Gasteiger partial charge in [0, 0.05) is 23.2 Å². The van der Waals surface area contributed by atoms with E-state index in [4.69, 9.17) is 23.7 Å². The Morgan fingerprint density at radius 3 is 2.21 bits per heavy atom. The molecule has 5 aliphatic rings. The minimum atomic E-state index is -1.39. The number of hydrogen-bond donors (Lipinski definition) is 0. The number of carbonyl (C=O) groups excluding carboxylic acids is 2. The lowest BCUT2D eigenvalue weighted by atomic mass is 9.39. The third-order valence-electron chi connectivity index (χ3n) is 9.30. The lowest BCUT2D eigenvalue weighted by Crippen LogP contribution is -2.89. The van der Waals surface area contributed by atoms with Crippen LogP contribution in [0.25, 0.3) is 0 Å². The van der Waals surface area contributed by atoms with Crippen molar-refractivity contribution in [2.45, 2.75) is 121 Å². The molecule has 0 amide bonds. The zero-order valence-electron chi connectivity index (χ0n) is 21.2. The molecule has 3 aliphatic heterocycles. The number of rotatable bonds is 2. The minimum Gasteiger partial charge on any atom is -0.358 e. The van der Waals surface area contributed by atoms with Crippen LogP contribution in [0.15, 0.2) is 12.7 Å². The average molecular weight is 463 g/mol. The third-order valence-corrected chi connectivity index (χ3v) is 9.30. The molecule has 2 saturated carbocycles. The molecule has 7 heteroatoms. The van der Waals surface area contributed by atoms with Gasteiger partial charge in [-0.25, -0.2) is 0 Å². The molecule has 0 unspecified atom stereocenters. The van der Waals surface area contributed by atoms with Crippen LogP contribution < -0.4 is 0 Å². The van der Waals surface area contributed by atoms with Gasteiger partial charge >= 0.3 is 0 Å². The fraction of sp³-hybridized carbons (Fsp3) is 0.846. The Morgan fingerprint density at radius 1 is 0.939 bits per heavy atom. The highest BCUT2D eigenvalue weighted by molar-refractivity contribution is 5.93. The molecule has 0 N–H and O–H groups in total. The average Bonchev–Trinajstić information content (AvgIpc) is 3.01. The second-order valence-electron chi connectivity index (χ2n) is 12.6. The van der Waals surface area contributed by atoms with Crippen molar-refractivity contribution in [3.8, 4) is 0 Å². The van der Waals surface area contributed by atoms with Gasteiger partial charge in [-0.2, -0.15) is 0 Å². The van der Waals surface area contributed by atoms with Crippen LogP contribution in [-0.4, -0.2) is 58.8 Å². The highest BCUT2D eigenvalue weighted by Crippen LogP contribution is 2.72. The van der Waals surface area contributed by atoms with Gasteiger partial charge in [0.05, 0.1) is 17.8 Å². The van der Waals surface area contributed by atoms with Crippen molar-refractivity contribution in [1.29, 1.82) is 0 Å². The number of ketones is 1. The summed E-state index contributed by atoms with van der Waals surface area (Å²) in [6.45, 7) is 19.2. The van der Waals surface area contributed by atoms with Crippen LogP contribution in [0.5, 0.6) is 0 Å². The van der Waals surface area contributed by atoms with Gasteiger partial charge in [0.1, 0.15) is 18.0 Å². The van der Waals surface area contributed by atoms with Gasteiger partial charge < -0.3 is 28.5 Å². The summed E-state index contributed by atoms with van der Waals surface area (Å²) in [7, 11) is 0. The van der Waals surface area contributed by atoms with E-state index in [0.29, 0.717) is 12.8 Å². The lowest BCUT2D eigenvalue weighted by molar-refractivity contribution is -0.455. The lowest BCUT2D eigenvalue weighted by Gasteiger charge is -2.75. The molecular formula is C26H38O7. The van der Waals surface area contributed by atoms with Crippen LogP contribution in [0.3, 0.4) is 0 Å². The molecule has 1 spiro atoms. The standard InChI is InChI=1S/C26H38O7/c1-10-23(7)13-15(28)26-24(8)16(29-21(4,5)32-26)11-12-22(6,14-27)18(24)17-19(25(26,9)33-23)31-20(2,3)30-17/h10,14,16-19H,1,11-13H2,2-9H3/t16-,17-,18-,19-,22-,23-,24-,25+,26-/m0/s1. The first-order chi connectivity index (χ1) is 15.0. The van der Waals surface area contributed by atoms with E-state index < -0.39 is 51.4 Å². The number of ether oxygens (including phenoxy) is 5. The topological polar surface area (TPSA) is 80.3 Å². The maximum absolute atomic E-state index is 14.4. The van der Waals surface area contributed by atoms with Gasteiger partial charge in [0.25, 0.3) is 0 Å². The molecular weight excluding hydrogens is 424 g/mol. The summed E-state index contributed by atoms with van der Waals surface area (Å²) in [5.41, 5.74) is -5.09. The summed E-state index contributed by atoms with van der Waals surface area (Å²) in [5.74, 6) is -2.36. The summed E-state index contributed by atoms with van der Waals surface area (Å²) in [6.07, 6.45) is 2.70. The number of carbonyl (C=O) groups is 2.